The van der Waals surface area contributed by atoms with Crippen molar-refractivity contribution >= 4 is 5.91 Å². The zero-order chi connectivity index (χ0) is 15.5. The number of hydrogen-bond donors (Lipinski definition) is 0. The minimum absolute atomic E-state index is 0.0288. The number of benzene rings is 1. The standard InChI is InChI=1S/C17H18N2O3/c1-22-16-6-2-13(3-7-16)12-19(15-4-5-15)17(20)14-8-10-18(21)11-9-14/h2-3,6-11,15H,4-5,12H2,1H3. The largest absolute Gasteiger partial charge is 0.619 e. The van der Waals surface area contributed by atoms with Gasteiger partial charge in [0.2, 0.25) is 0 Å². The van der Waals surface area contributed by atoms with Crippen molar-refractivity contribution in [3.8, 4) is 5.75 Å². The average Bonchev–Trinajstić information content (AvgIpc) is 3.38. The lowest BCUT2D eigenvalue weighted by Crippen LogP contribution is -2.33. The first-order valence-corrected chi connectivity index (χ1v) is 7.30. The van der Waals surface area contributed by atoms with Gasteiger partial charge in [-0.25, -0.2) is 0 Å². The van der Waals surface area contributed by atoms with Crippen molar-refractivity contribution in [3.63, 3.8) is 0 Å². The summed E-state index contributed by atoms with van der Waals surface area (Å²) >= 11 is 0. The smallest absolute Gasteiger partial charge is 0.254 e. The summed E-state index contributed by atoms with van der Waals surface area (Å²) in [5, 5.41) is 11.1. The second kappa shape index (κ2) is 6.05. The number of ether oxygens (including phenoxy) is 1. The van der Waals surface area contributed by atoms with Gasteiger partial charge in [-0.1, -0.05) is 12.1 Å². The molecule has 1 fully saturated rings. The molecule has 1 aliphatic rings. The Balaban J connectivity index is 1.77. The molecule has 3 rings (SSSR count). The summed E-state index contributed by atoms with van der Waals surface area (Å²) in [5.41, 5.74) is 1.61. The molecule has 5 nitrogen and oxygen atoms in total. The lowest BCUT2D eigenvalue weighted by Gasteiger charge is -2.22. The first-order chi connectivity index (χ1) is 10.7. The molecule has 1 aromatic carbocycles. The van der Waals surface area contributed by atoms with Crippen molar-refractivity contribution < 1.29 is 14.3 Å². The molecule has 0 unspecified atom stereocenters. The fraction of sp³-hybridized carbons (Fsp3) is 0.294. The summed E-state index contributed by atoms with van der Waals surface area (Å²) in [6.07, 6.45) is 4.78. The maximum atomic E-state index is 12.7. The number of carbonyl (C=O) groups excluding carboxylic acids is 1. The van der Waals surface area contributed by atoms with E-state index in [1.165, 1.54) is 12.4 Å². The first kappa shape index (κ1) is 14.4. The van der Waals surface area contributed by atoms with Crippen LogP contribution in [0.1, 0.15) is 28.8 Å². The minimum Gasteiger partial charge on any atom is -0.619 e. The van der Waals surface area contributed by atoms with Gasteiger partial charge < -0.3 is 14.8 Å². The van der Waals surface area contributed by atoms with Crippen molar-refractivity contribution in [2.75, 3.05) is 7.11 Å². The zero-order valence-electron chi connectivity index (χ0n) is 12.4. The third-order valence-electron chi connectivity index (χ3n) is 3.81. The van der Waals surface area contributed by atoms with Crippen LogP contribution in [-0.2, 0) is 6.54 Å². The van der Waals surface area contributed by atoms with E-state index < -0.39 is 0 Å². The van der Waals surface area contributed by atoms with E-state index in [0.717, 1.165) is 24.2 Å². The molecule has 0 N–H and O–H groups in total. The molecule has 114 valence electrons. The van der Waals surface area contributed by atoms with Crippen LogP contribution in [0.3, 0.4) is 0 Å². The van der Waals surface area contributed by atoms with Gasteiger partial charge in [0, 0.05) is 24.7 Å². The first-order valence-electron chi connectivity index (χ1n) is 7.30. The number of aromatic nitrogens is 1. The Bertz CT molecular complexity index is 649. The molecule has 0 bridgehead atoms. The molecule has 5 heteroatoms. The molecule has 1 saturated carbocycles. The van der Waals surface area contributed by atoms with E-state index in [0.29, 0.717) is 22.9 Å². The molecule has 1 aliphatic carbocycles. The quantitative estimate of drug-likeness (QED) is 0.627. The minimum atomic E-state index is -0.0288. The molecular formula is C17H18N2O3. The monoisotopic (exact) mass is 298 g/mol. The lowest BCUT2D eigenvalue weighted by molar-refractivity contribution is -0.605. The highest BCUT2D eigenvalue weighted by Crippen LogP contribution is 2.30. The molecule has 0 radical (unpaired) electrons. The third-order valence-corrected chi connectivity index (χ3v) is 3.81. The van der Waals surface area contributed by atoms with Gasteiger partial charge in [0.1, 0.15) is 5.75 Å². The van der Waals surface area contributed by atoms with Gasteiger partial charge in [0.25, 0.3) is 5.91 Å². The van der Waals surface area contributed by atoms with Crippen LogP contribution < -0.4 is 9.47 Å². The number of carbonyl (C=O) groups is 1. The van der Waals surface area contributed by atoms with Gasteiger partial charge >= 0.3 is 0 Å². The average molecular weight is 298 g/mol. The third kappa shape index (κ3) is 3.19. The van der Waals surface area contributed by atoms with Crippen molar-refractivity contribution in [1.29, 1.82) is 0 Å². The number of nitrogens with zero attached hydrogens (tertiary/aromatic N) is 2. The summed E-state index contributed by atoms with van der Waals surface area (Å²) in [7, 11) is 1.63. The number of amides is 1. The molecule has 1 heterocycles. The van der Waals surface area contributed by atoms with Gasteiger partial charge in [-0.05, 0) is 30.5 Å². The van der Waals surface area contributed by atoms with Gasteiger partial charge in [-0.15, -0.1) is 0 Å². The maximum Gasteiger partial charge on any atom is 0.254 e. The Morgan fingerprint density at radius 1 is 1.23 bits per heavy atom. The van der Waals surface area contributed by atoms with Crippen molar-refractivity contribution in [2.24, 2.45) is 0 Å². The van der Waals surface area contributed by atoms with E-state index in [1.54, 1.807) is 19.2 Å². The Kier molecular flexibility index (Phi) is 3.96. The van der Waals surface area contributed by atoms with Gasteiger partial charge in [-0.2, -0.15) is 4.73 Å². The molecule has 2 aromatic rings. The van der Waals surface area contributed by atoms with Crippen LogP contribution in [0, 0.1) is 5.21 Å². The summed E-state index contributed by atoms with van der Waals surface area (Å²) in [5.74, 6) is 0.773. The summed E-state index contributed by atoms with van der Waals surface area (Å²) < 4.78 is 5.83. The van der Waals surface area contributed by atoms with Crippen LogP contribution in [0.5, 0.6) is 5.75 Å². The van der Waals surface area contributed by atoms with Crippen LogP contribution in [0.2, 0.25) is 0 Å². The van der Waals surface area contributed by atoms with Crippen LogP contribution in [0.4, 0.5) is 0 Å². The SMILES string of the molecule is COc1ccc(CN(C(=O)c2cc[n+]([O-])cc2)C2CC2)cc1. The Morgan fingerprint density at radius 2 is 1.86 bits per heavy atom. The molecule has 0 atom stereocenters. The number of rotatable bonds is 5. The fourth-order valence-electron chi connectivity index (χ4n) is 2.40. The van der Waals surface area contributed by atoms with Gasteiger partial charge in [-0.3, -0.25) is 4.79 Å². The topological polar surface area (TPSA) is 56.5 Å². The molecule has 1 aromatic heterocycles. The molecule has 22 heavy (non-hydrogen) atoms. The second-order valence-corrected chi connectivity index (χ2v) is 5.46. The van der Waals surface area contributed by atoms with E-state index in [-0.39, 0.29) is 5.91 Å². The predicted molar refractivity (Wildman–Crippen MR) is 81.3 cm³/mol. The second-order valence-electron chi connectivity index (χ2n) is 5.46. The van der Waals surface area contributed by atoms with E-state index in [1.807, 2.05) is 29.2 Å². The Morgan fingerprint density at radius 3 is 2.41 bits per heavy atom. The van der Waals surface area contributed by atoms with Gasteiger partial charge in [0.15, 0.2) is 12.4 Å². The van der Waals surface area contributed by atoms with E-state index in [2.05, 4.69) is 0 Å². The highest BCUT2D eigenvalue weighted by atomic mass is 16.5. The maximum absolute atomic E-state index is 12.7. The van der Waals surface area contributed by atoms with Crippen LogP contribution >= 0.6 is 0 Å². The number of pyridine rings is 1. The summed E-state index contributed by atoms with van der Waals surface area (Å²) in [4.78, 5) is 14.5. The van der Waals surface area contributed by atoms with Crippen molar-refractivity contribution in [3.05, 3.63) is 65.1 Å². The Labute approximate surface area is 129 Å². The van der Waals surface area contributed by atoms with E-state index in [4.69, 9.17) is 4.74 Å². The van der Waals surface area contributed by atoms with Crippen molar-refractivity contribution in [2.45, 2.75) is 25.4 Å². The zero-order valence-corrected chi connectivity index (χ0v) is 12.4. The number of hydrogen-bond acceptors (Lipinski definition) is 3. The molecule has 0 spiro atoms. The van der Waals surface area contributed by atoms with Gasteiger partial charge in [0.05, 0.1) is 12.7 Å². The van der Waals surface area contributed by atoms with Crippen LogP contribution in [0.25, 0.3) is 0 Å². The predicted octanol–water partition coefficient (Wildman–Crippen LogP) is 2.13. The summed E-state index contributed by atoms with van der Waals surface area (Å²) in [6, 6.07) is 11.2. The van der Waals surface area contributed by atoms with E-state index in [9.17, 15) is 10.0 Å². The van der Waals surface area contributed by atoms with Crippen molar-refractivity contribution in [1.82, 2.24) is 4.90 Å². The Hall–Kier alpha value is -2.56. The van der Waals surface area contributed by atoms with E-state index >= 15 is 0 Å². The molecular weight excluding hydrogens is 280 g/mol. The summed E-state index contributed by atoms with van der Waals surface area (Å²) in [6.45, 7) is 0.569. The lowest BCUT2D eigenvalue weighted by atomic mass is 10.1. The molecule has 0 aliphatic heterocycles. The van der Waals surface area contributed by atoms with Crippen LogP contribution in [-0.4, -0.2) is 24.0 Å². The molecule has 0 saturated heterocycles. The molecule has 1 amide bonds. The normalized spacial score (nSPS) is 13.7. The highest BCUT2D eigenvalue weighted by molar-refractivity contribution is 5.94. The highest BCUT2D eigenvalue weighted by Gasteiger charge is 2.33. The van der Waals surface area contributed by atoms with Crippen LogP contribution in [0.15, 0.2) is 48.8 Å². The fourth-order valence-corrected chi connectivity index (χ4v) is 2.40. The number of methoxy groups -OCH3 is 1.